The molecule has 3 rings (SSSR count). The number of hydrogen-bond acceptors (Lipinski definition) is 1. The Balaban J connectivity index is 1.95. The first-order valence-corrected chi connectivity index (χ1v) is 4.00. The van der Waals surface area contributed by atoms with E-state index >= 15 is 0 Å². The van der Waals surface area contributed by atoms with Gasteiger partial charge in [0.15, 0.2) is 0 Å². The normalized spacial score (nSPS) is 17.6. The van der Waals surface area contributed by atoms with Crippen molar-refractivity contribution in [2.75, 3.05) is 18.0 Å². The standard InChI is InChI=1S/C10H9N/c1-2-7-11(6-1)10-8-4-3-5-9(8)10/h1-5H,6-7H2. The zero-order valence-electron chi connectivity index (χ0n) is 6.25. The van der Waals surface area contributed by atoms with E-state index in [4.69, 9.17) is 0 Å². The van der Waals surface area contributed by atoms with Crippen LogP contribution in [0.25, 0.3) is 11.1 Å². The van der Waals surface area contributed by atoms with E-state index in [9.17, 15) is 0 Å². The molecule has 1 heteroatoms. The van der Waals surface area contributed by atoms with Crippen molar-refractivity contribution < 1.29 is 0 Å². The lowest BCUT2D eigenvalue weighted by atomic mass is 10.5. The molecule has 0 aromatic carbocycles. The first-order chi connectivity index (χ1) is 5.47. The third kappa shape index (κ3) is 0.603. The van der Waals surface area contributed by atoms with Gasteiger partial charge < -0.3 is 4.90 Å². The molecular weight excluding hydrogens is 134 g/mol. The molecule has 1 aliphatic heterocycles. The van der Waals surface area contributed by atoms with E-state index in [1.807, 2.05) is 0 Å². The quantitative estimate of drug-likeness (QED) is 0.552. The van der Waals surface area contributed by atoms with E-state index in [1.54, 1.807) is 0 Å². The maximum atomic E-state index is 2.41. The number of fused-ring (bicyclic) bond motifs is 1. The second-order valence-corrected chi connectivity index (χ2v) is 3.08. The van der Waals surface area contributed by atoms with Crippen molar-refractivity contribution in [3.05, 3.63) is 30.4 Å². The van der Waals surface area contributed by atoms with Crippen molar-refractivity contribution >= 4 is 5.69 Å². The van der Waals surface area contributed by atoms with Gasteiger partial charge in [-0.25, -0.2) is 0 Å². The van der Waals surface area contributed by atoms with Crippen LogP contribution >= 0.6 is 0 Å². The molecule has 0 spiro atoms. The summed E-state index contributed by atoms with van der Waals surface area (Å²) in [6.07, 6.45) is 4.46. The van der Waals surface area contributed by atoms with Crippen LogP contribution in [0.15, 0.2) is 30.4 Å². The highest BCUT2D eigenvalue weighted by Crippen LogP contribution is 2.51. The molecule has 0 atom stereocenters. The van der Waals surface area contributed by atoms with Gasteiger partial charge in [0, 0.05) is 24.2 Å². The van der Waals surface area contributed by atoms with Gasteiger partial charge in [-0.2, -0.15) is 0 Å². The number of hydrogen-bond donors (Lipinski definition) is 0. The largest absolute Gasteiger partial charge is 0.363 e. The molecule has 0 aromatic heterocycles. The minimum atomic E-state index is 1.10. The fourth-order valence-electron chi connectivity index (χ4n) is 1.79. The second kappa shape index (κ2) is 1.67. The molecule has 0 N–H and O–H groups in total. The molecule has 0 bridgehead atoms. The van der Waals surface area contributed by atoms with Crippen LogP contribution in [0.4, 0.5) is 5.69 Å². The Hall–Kier alpha value is -1.24. The summed E-state index contributed by atoms with van der Waals surface area (Å²) in [6.45, 7) is 2.20. The smallest absolute Gasteiger partial charge is 0.0532 e. The number of anilines is 1. The maximum absolute atomic E-state index is 2.41. The van der Waals surface area contributed by atoms with Gasteiger partial charge in [-0.3, -0.25) is 0 Å². The Morgan fingerprint density at radius 2 is 1.64 bits per heavy atom. The molecular formula is C10H9N. The Kier molecular flexibility index (Phi) is 0.823. The fraction of sp³-hybridized carbons (Fsp3) is 0.200. The molecule has 0 aromatic rings. The average molecular weight is 143 g/mol. The Labute approximate surface area is 65.9 Å². The van der Waals surface area contributed by atoms with Crippen molar-refractivity contribution in [2.24, 2.45) is 0 Å². The summed E-state index contributed by atoms with van der Waals surface area (Å²) in [5, 5.41) is 0. The minimum Gasteiger partial charge on any atom is -0.363 e. The third-order valence-electron chi connectivity index (χ3n) is 2.40. The number of nitrogens with zero attached hydrogens (tertiary/aromatic N) is 1. The Morgan fingerprint density at radius 3 is 2.27 bits per heavy atom. The van der Waals surface area contributed by atoms with Crippen molar-refractivity contribution in [3.8, 4) is 11.1 Å². The zero-order valence-corrected chi connectivity index (χ0v) is 6.25. The van der Waals surface area contributed by atoms with Crippen LogP contribution in [-0.4, -0.2) is 13.1 Å². The van der Waals surface area contributed by atoms with Gasteiger partial charge in [0.05, 0.1) is 5.69 Å². The van der Waals surface area contributed by atoms with Crippen LogP contribution < -0.4 is 4.90 Å². The number of para-hydroxylation sites is 1. The van der Waals surface area contributed by atoms with E-state index in [1.165, 1.54) is 16.8 Å². The van der Waals surface area contributed by atoms with Gasteiger partial charge in [0.2, 0.25) is 0 Å². The molecule has 1 nitrogen and oxygen atoms in total. The van der Waals surface area contributed by atoms with Crippen LogP contribution in [0.2, 0.25) is 0 Å². The van der Waals surface area contributed by atoms with Gasteiger partial charge in [-0.1, -0.05) is 30.4 Å². The van der Waals surface area contributed by atoms with Crippen molar-refractivity contribution in [3.63, 3.8) is 0 Å². The summed E-state index contributed by atoms with van der Waals surface area (Å²) in [5.74, 6) is 0. The summed E-state index contributed by atoms with van der Waals surface area (Å²) >= 11 is 0. The van der Waals surface area contributed by atoms with E-state index in [0.29, 0.717) is 0 Å². The molecule has 0 amide bonds. The van der Waals surface area contributed by atoms with Crippen LogP contribution in [0.5, 0.6) is 0 Å². The van der Waals surface area contributed by atoms with E-state index in [2.05, 4.69) is 35.3 Å². The SMILES string of the molecule is C1=CCN(c2c3cccc2-3)C1. The highest BCUT2D eigenvalue weighted by atomic mass is 15.2. The number of benzene rings is 1. The highest BCUT2D eigenvalue weighted by Gasteiger charge is 2.28. The highest BCUT2D eigenvalue weighted by molar-refractivity contribution is 6.05. The first-order valence-electron chi connectivity index (χ1n) is 4.00. The van der Waals surface area contributed by atoms with Crippen LogP contribution in [-0.2, 0) is 0 Å². The molecule has 0 saturated carbocycles. The lowest BCUT2D eigenvalue weighted by Crippen LogP contribution is -2.15. The van der Waals surface area contributed by atoms with Gasteiger partial charge in [-0.15, -0.1) is 0 Å². The minimum absolute atomic E-state index is 1.10. The van der Waals surface area contributed by atoms with Crippen LogP contribution in [0, 0.1) is 0 Å². The average Bonchev–Trinajstić information content (AvgIpc) is 2.57. The third-order valence-corrected chi connectivity index (χ3v) is 2.40. The predicted octanol–water partition coefficient (Wildman–Crippen LogP) is 2.04. The predicted molar refractivity (Wildman–Crippen MR) is 46.8 cm³/mol. The topological polar surface area (TPSA) is 3.24 Å². The zero-order chi connectivity index (χ0) is 7.26. The fourth-order valence-corrected chi connectivity index (χ4v) is 1.79. The van der Waals surface area contributed by atoms with E-state index < -0.39 is 0 Å². The second-order valence-electron chi connectivity index (χ2n) is 3.08. The first kappa shape index (κ1) is 5.42. The van der Waals surface area contributed by atoms with Crippen molar-refractivity contribution in [1.29, 1.82) is 0 Å². The summed E-state index contributed by atoms with van der Waals surface area (Å²) < 4.78 is 0. The molecule has 2 aliphatic carbocycles. The lowest BCUT2D eigenvalue weighted by Gasteiger charge is -2.10. The summed E-state index contributed by atoms with van der Waals surface area (Å²) in [6, 6.07) is 6.52. The maximum Gasteiger partial charge on any atom is 0.0532 e. The van der Waals surface area contributed by atoms with Crippen molar-refractivity contribution in [1.82, 2.24) is 0 Å². The molecule has 54 valence electrons. The molecule has 0 fully saturated rings. The van der Waals surface area contributed by atoms with Gasteiger partial charge in [0.1, 0.15) is 0 Å². The van der Waals surface area contributed by atoms with Crippen molar-refractivity contribution in [2.45, 2.75) is 0 Å². The van der Waals surface area contributed by atoms with E-state index in [-0.39, 0.29) is 0 Å². The number of rotatable bonds is 1. The van der Waals surface area contributed by atoms with Gasteiger partial charge in [0.25, 0.3) is 0 Å². The Morgan fingerprint density at radius 1 is 1.00 bits per heavy atom. The van der Waals surface area contributed by atoms with E-state index in [0.717, 1.165) is 13.1 Å². The van der Waals surface area contributed by atoms with Crippen LogP contribution in [0.3, 0.4) is 0 Å². The lowest BCUT2D eigenvalue weighted by molar-refractivity contribution is 1.03. The molecule has 0 radical (unpaired) electrons. The summed E-state index contributed by atoms with van der Waals surface area (Å²) in [4.78, 5) is 2.41. The molecule has 0 saturated heterocycles. The monoisotopic (exact) mass is 143 g/mol. The summed E-state index contributed by atoms with van der Waals surface area (Å²) in [5.41, 5.74) is 4.42. The molecule has 3 aliphatic rings. The molecule has 11 heavy (non-hydrogen) atoms. The van der Waals surface area contributed by atoms with Crippen LogP contribution in [0.1, 0.15) is 0 Å². The van der Waals surface area contributed by atoms with Gasteiger partial charge in [-0.05, 0) is 0 Å². The molecule has 1 heterocycles. The molecule has 0 unspecified atom stereocenters. The Bertz CT molecular complexity index is 310. The summed E-state index contributed by atoms with van der Waals surface area (Å²) in [7, 11) is 0. The van der Waals surface area contributed by atoms with Gasteiger partial charge >= 0.3 is 0 Å².